The lowest BCUT2D eigenvalue weighted by atomic mass is 9.84. The van der Waals surface area contributed by atoms with Crippen molar-refractivity contribution in [1.29, 1.82) is 0 Å². The second-order valence-electron chi connectivity index (χ2n) is 14.9. The molecule has 0 aliphatic carbocycles. The van der Waals surface area contributed by atoms with Gasteiger partial charge >= 0.3 is 12.1 Å². The number of aliphatic hydroxyl groups excluding tert-OH is 1. The van der Waals surface area contributed by atoms with Gasteiger partial charge in [-0.25, -0.2) is 0 Å². The van der Waals surface area contributed by atoms with Crippen LogP contribution in [0.5, 0.6) is 0 Å². The summed E-state index contributed by atoms with van der Waals surface area (Å²) in [7, 11) is 0. The Labute approximate surface area is 329 Å². The summed E-state index contributed by atoms with van der Waals surface area (Å²) in [5.74, 6) is -2.61. The van der Waals surface area contributed by atoms with Crippen molar-refractivity contribution < 1.29 is 42.4 Å². The molecule has 0 spiro atoms. The summed E-state index contributed by atoms with van der Waals surface area (Å²) < 4.78 is 52.6. The van der Waals surface area contributed by atoms with Crippen molar-refractivity contribution in [1.82, 2.24) is 15.1 Å². The standard InChI is InChI=1S/C43H45ClF3N3O6/c44-35-15-13-34(14-16-35)42(54)17-20-49(21-18-42)26-36-24-38(30-11-9-28(27-51)10-12-30)56-40(55-36)33-7-2-6-32(23-33)31-5-1-4-29(22-31)25-48-39(52)37-8-3-19-50(37)41(53)43(45,46)47/h1-2,4-7,9-16,22-23,36-38,40,51,54H,3,8,17-21,24-27H2,(H,48,52)/t36-,37-,38+,40+/m0/s1. The molecule has 0 radical (unpaired) electrons. The fourth-order valence-corrected chi connectivity index (χ4v) is 8.08. The number of aliphatic hydroxyl groups is 2. The van der Waals surface area contributed by atoms with Gasteiger partial charge in [0.25, 0.3) is 0 Å². The molecule has 0 bridgehead atoms. The fraction of sp³-hybridized carbons (Fsp3) is 0.395. The molecule has 0 saturated carbocycles. The molecule has 3 aliphatic heterocycles. The smallest absolute Gasteiger partial charge is 0.392 e. The molecular weight excluding hydrogens is 747 g/mol. The molecule has 3 N–H and O–H groups in total. The molecule has 2 amide bonds. The molecule has 7 rings (SSSR count). The zero-order valence-electron chi connectivity index (χ0n) is 30.8. The predicted molar refractivity (Wildman–Crippen MR) is 204 cm³/mol. The van der Waals surface area contributed by atoms with E-state index in [1.54, 1.807) is 12.1 Å². The molecule has 3 fully saturated rings. The van der Waals surface area contributed by atoms with Crippen LogP contribution < -0.4 is 5.32 Å². The van der Waals surface area contributed by atoms with Crippen molar-refractivity contribution in [2.24, 2.45) is 0 Å². The minimum Gasteiger partial charge on any atom is -0.392 e. The van der Waals surface area contributed by atoms with Crippen molar-refractivity contribution in [3.8, 4) is 11.1 Å². The lowest BCUT2D eigenvalue weighted by molar-refractivity contribution is -0.253. The highest BCUT2D eigenvalue weighted by Crippen LogP contribution is 2.40. The molecular formula is C43H45ClF3N3O6. The molecule has 3 saturated heterocycles. The van der Waals surface area contributed by atoms with Crippen molar-refractivity contribution >= 4 is 23.4 Å². The number of benzene rings is 4. The van der Waals surface area contributed by atoms with Crippen LogP contribution in [0.3, 0.4) is 0 Å². The lowest BCUT2D eigenvalue weighted by Crippen LogP contribution is -2.50. The van der Waals surface area contributed by atoms with Crippen LogP contribution in [0.15, 0.2) is 97.1 Å². The number of ether oxygens (including phenoxy) is 2. The second kappa shape index (κ2) is 17.1. The Bertz CT molecular complexity index is 1990. The van der Waals surface area contributed by atoms with E-state index in [2.05, 4.69) is 10.2 Å². The molecule has 3 heterocycles. The minimum atomic E-state index is -5.03. The number of piperidine rings is 1. The van der Waals surface area contributed by atoms with Gasteiger partial charge in [0.05, 0.1) is 24.4 Å². The number of halogens is 4. The van der Waals surface area contributed by atoms with Crippen molar-refractivity contribution in [3.63, 3.8) is 0 Å². The third kappa shape index (κ3) is 9.28. The van der Waals surface area contributed by atoms with E-state index >= 15 is 0 Å². The number of hydrogen-bond donors (Lipinski definition) is 3. The van der Waals surface area contributed by atoms with Crippen LogP contribution in [-0.4, -0.2) is 76.3 Å². The molecule has 4 aromatic carbocycles. The molecule has 3 aliphatic rings. The van der Waals surface area contributed by atoms with E-state index in [-0.39, 0.29) is 38.3 Å². The Hall–Kier alpha value is -4.30. The van der Waals surface area contributed by atoms with Gasteiger partial charge in [-0.2, -0.15) is 13.2 Å². The highest BCUT2D eigenvalue weighted by Gasteiger charge is 2.47. The van der Waals surface area contributed by atoms with Gasteiger partial charge in [-0.1, -0.05) is 84.4 Å². The average molecular weight is 792 g/mol. The Kier molecular flexibility index (Phi) is 12.2. The predicted octanol–water partition coefficient (Wildman–Crippen LogP) is 7.20. The zero-order valence-corrected chi connectivity index (χ0v) is 31.5. The number of rotatable bonds is 10. The van der Waals surface area contributed by atoms with Gasteiger partial charge in [-0.3, -0.25) is 9.59 Å². The van der Waals surface area contributed by atoms with Crippen molar-refractivity contribution in [2.75, 3.05) is 26.2 Å². The Balaban J connectivity index is 1.04. The van der Waals surface area contributed by atoms with Gasteiger partial charge in [-0.15, -0.1) is 0 Å². The molecule has 0 aromatic heterocycles. The largest absolute Gasteiger partial charge is 0.471 e. The van der Waals surface area contributed by atoms with E-state index < -0.39 is 35.9 Å². The number of amides is 2. The zero-order chi connectivity index (χ0) is 39.5. The third-order valence-corrected chi connectivity index (χ3v) is 11.3. The summed E-state index contributed by atoms with van der Waals surface area (Å²) >= 11 is 6.09. The van der Waals surface area contributed by atoms with Crippen molar-refractivity contribution in [2.45, 2.75) is 81.6 Å². The highest BCUT2D eigenvalue weighted by atomic mass is 35.5. The lowest BCUT2D eigenvalue weighted by Gasteiger charge is -2.42. The quantitative estimate of drug-likeness (QED) is 0.156. The first kappa shape index (κ1) is 39.9. The number of hydrogen-bond acceptors (Lipinski definition) is 7. The van der Waals surface area contributed by atoms with Crippen molar-refractivity contribution in [3.05, 3.63) is 130 Å². The molecule has 13 heteroatoms. The van der Waals surface area contributed by atoms with Gasteiger partial charge in [0.15, 0.2) is 6.29 Å². The van der Waals surface area contributed by atoms with E-state index in [4.69, 9.17) is 21.1 Å². The first-order valence-corrected chi connectivity index (χ1v) is 19.3. The van der Waals surface area contributed by atoms with E-state index in [1.807, 2.05) is 84.9 Å². The molecule has 296 valence electrons. The number of nitrogens with one attached hydrogen (secondary N) is 1. The number of carbonyl (C=O) groups is 2. The van der Waals surface area contributed by atoms with Crippen LogP contribution in [0.1, 0.15) is 72.3 Å². The highest BCUT2D eigenvalue weighted by molar-refractivity contribution is 6.30. The van der Waals surface area contributed by atoms with Crippen LogP contribution in [0.2, 0.25) is 5.02 Å². The van der Waals surface area contributed by atoms with Gasteiger partial charge < -0.3 is 34.8 Å². The Morgan fingerprint density at radius 1 is 0.857 bits per heavy atom. The first-order valence-electron chi connectivity index (χ1n) is 18.9. The number of nitrogens with zero attached hydrogens (tertiary/aromatic N) is 2. The summed E-state index contributed by atoms with van der Waals surface area (Å²) in [5.41, 5.74) is 5.02. The maximum atomic E-state index is 13.1. The van der Waals surface area contributed by atoms with Crippen LogP contribution in [-0.2, 0) is 37.8 Å². The minimum absolute atomic E-state index is 0.0556. The van der Waals surface area contributed by atoms with Crippen LogP contribution >= 0.6 is 11.6 Å². The topological polar surface area (TPSA) is 112 Å². The van der Waals surface area contributed by atoms with Gasteiger partial charge in [-0.05, 0) is 83.3 Å². The maximum Gasteiger partial charge on any atom is 0.471 e. The van der Waals surface area contributed by atoms with Gasteiger partial charge in [0, 0.05) is 49.7 Å². The summed E-state index contributed by atoms with van der Waals surface area (Å²) in [5, 5.41) is 24.4. The van der Waals surface area contributed by atoms with E-state index in [1.165, 1.54) is 0 Å². The molecule has 56 heavy (non-hydrogen) atoms. The second-order valence-corrected chi connectivity index (χ2v) is 15.3. The number of likely N-dealkylation sites (tertiary alicyclic amines) is 2. The normalized spacial score (nSPS) is 22.9. The van der Waals surface area contributed by atoms with E-state index in [0.29, 0.717) is 55.2 Å². The molecule has 0 unspecified atom stereocenters. The molecule has 9 nitrogen and oxygen atoms in total. The monoisotopic (exact) mass is 791 g/mol. The molecule has 4 atom stereocenters. The van der Waals surface area contributed by atoms with Crippen LogP contribution in [0.4, 0.5) is 13.2 Å². The van der Waals surface area contributed by atoms with E-state index in [0.717, 1.165) is 38.9 Å². The number of carbonyl (C=O) groups excluding carboxylic acids is 2. The van der Waals surface area contributed by atoms with Gasteiger partial charge in [0.1, 0.15) is 6.04 Å². The SMILES string of the molecule is O=C(NCc1cccc(-c2cccc([C@@H]3O[C@H](CN4CCC(O)(c5ccc(Cl)cc5)CC4)C[C@H](c4ccc(CO)cc4)O3)c2)c1)[C@@H]1CCCN1C(=O)C(F)(F)F. The Morgan fingerprint density at radius 3 is 2.25 bits per heavy atom. The summed E-state index contributed by atoms with van der Waals surface area (Å²) in [4.78, 5) is 27.7. The summed E-state index contributed by atoms with van der Waals surface area (Å²) in [6.07, 6.45) is -3.92. The van der Waals surface area contributed by atoms with Gasteiger partial charge in [0.2, 0.25) is 5.91 Å². The average Bonchev–Trinajstić information content (AvgIpc) is 3.71. The summed E-state index contributed by atoms with van der Waals surface area (Å²) in [6.45, 7) is 1.95. The Morgan fingerprint density at radius 2 is 1.55 bits per heavy atom. The third-order valence-electron chi connectivity index (χ3n) is 11.1. The summed E-state index contributed by atoms with van der Waals surface area (Å²) in [6, 6.07) is 29.3. The maximum absolute atomic E-state index is 13.1. The molecule has 4 aromatic rings. The van der Waals surface area contributed by atoms with Crippen LogP contribution in [0.25, 0.3) is 11.1 Å². The first-order chi connectivity index (χ1) is 26.9. The van der Waals surface area contributed by atoms with Crippen LogP contribution in [0, 0.1) is 0 Å². The fourth-order valence-electron chi connectivity index (χ4n) is 7.95. The van der Waals surface area contributed by atoms with E-state index in [9.17, 15) is 33.0 Å². The number of alkyl halides is 3.